The molecule has 3 heteroatoms. The van der Waals surface area contributed by atoms with E-state index in [4.69, 9.17) is 4.74 Å². The smallest absolute Gasteiger partial charge is 0.118 e. The van der Waals surface area contributed by atoms with E-state index in [1.54, 1.807) is 7.11 Å². The number of rotatable bonds is 7. The number of hydrogen-bond donors (Lipinski definition) is 2. The van der Waals surface area contributed by atoms with Crippen LogP contribution in [0.5, 0.6) is 5.75 Å². The summed E-state index contributed by atoms with van der Waals surface area (Å²) in [6.45, 7) is 4.62. The van der Waals surface area contributed by atoms with Crippen molar-refractivity contribution in [2.75, 3.05) is 33.3 Å². The van der Waals surface area contributed by atoms with Crippen LogP contribution in [0.4, 0.5) is 0 Å². The molecule has 0 aromatic heterocycles. The van der Waals surface area contributed by atoms with Gasteiger partial charge in [-0.15, -0.1) is 0 Å². The van der Waals surface area contributed by atoms with Gasteiger partial charge in [-0.05, 0) is 69.1 Å². The molecule has 1 aromatic carbocycles. The second-order valence-electron chi connectivity index (χ2n) is 5.00. The predicted molar refractivity (Wildman–Crippen MR) is 75.2 cm³/mol. The highest BCUT2D eigenvalue weighted by Crippen LogP contribution is 2.12. The van der Waals surface area contributed by atoms with Crippen molar-refractivity contribution >= 4 is 0 Å². The third-order valence-corrected chi connectivity index (χ3v) is 3.64. The van der Waals surface area contributed by atoms with Gasteiger partial charge < -0.3 is 15.4 Å². The van der Waals surface area contributed by atoms with E-state index in [9.17, 15) is 0 Å². The molecule has 1 fully saturated rings. The van der Waals surface area contributed by atoms with Crippen LogP contribution in [0.2, 0.25) is 0 Å². The second kappa shape index (κ2) is 7.39. The molecule has 1 atom stereocenters. The minimum atomic E-state index is 0.887. The maximum Gasteiger partial charge on any atom is 0.118 e. The maximum absolute atomic E-state index is 5.15. The number of hydrogen-bond acceptors (Lipinski definition) is 3. The van der Waals surface area contributed by atoms with Gasteiger partial charge in [0, 0.05) is 0 Å². The highest BCUT2D eigenvalue weighted by Gasteiger charge is 2.12. The first-order valence-corrected chi connectivity index (χ1v) is 6.93. The number of nitrogens with one attached hydrogen (secondary N) is 2. The fourth-order valence-corrected chi connectivity index (χ4v) is 2.42. The predicted octanol–water partition coefficient (Wildman–Crippen LogP) is 1.83. The summed E-state index contributed by atoms with van der Waals surface area (Å²) in [4.78, 5) is 0. The number of benzene rings is 1. The molecule has 0 amide bonds. The second-order valence-corrected chi connectivity index (χ2v) is 5.00. The molecule has 2 rings (SSSR count). The molecule has 0 radical (unpaired) electrons. The molecule has 18 heavy (non-hydrogen) atoms. The molecule has 3 nitrogen and oxygen atoms in total. The van der Waals surface area contributed by atoms with E-state index in [2.05, 4.69) is 22.8 Å². The molecule has 0 bridgehead atoms. The molecule has 1 aliphatic rings. The summed E-state index contributed by atoms with van der Waals surface area (Å²) in [5, 5.41) is 6.94. The van der Waals surface area contributed by atoms with Crippen LogP contribution in [-0.2, 0) is 6.42 Å². The number of ether oxygens (including phenoxy) is 1. The first kappa shape index (κ1) is 13.4. The third kappa shape index (κ3) is 4.31. The van der Waals surface area contributed by atoms with Crippen LogP contribution < -0.4 is 15.4 Å². The van der Waals surface area contributed by atoms with Gasteiger partial charge >= 0.3 is 0 Å². The zero-order chi connectivity index (χ0) is 12.6. The fraction of sp³-hybridized carbons (Fsp3) is 0.600. The Labute approximate surface area is 110 Å². The van der Waals surface area contributed by atoms with Crippen LogP contribution in [0.1, 0.15) is 18.4 Å². The Balaban J connectivity index is 1.56. The van der Waals surface area contributed by atoms with E-state index < -0.39 is 0 Å². The Morgan fingerprint density at radius 3 is 2.78 bits per heavy atom. The lowest BCUT2D eigenvalue weighted by Gasteiger charge is -2.09. The van der Waals surface area contributed by atoms with Gasteiger partial charge in [0.15, 0.2) is 0 Å². The van der Waals surface area contributed by atoms with Crippen molar-refractivity contribution in [1.29, 1.82) is 0 Å². The maximum atomic E-state index is 5.15. The lowest BCUT2D eigenvalue weighted by Crippen LogP contribution is -2.21. The van der Waals surface area contributed by atoms with Gasteiger partial charge in [-0.1, -0.05) is 12.1 Å². The summed E-state index contributed by atoms with van der Waals surface area (Å²) in [7, 11) is 1.70. The van der Waals surface area contributed by atoms with Gasteiger partial charge in [0.1, 0.15) is 5.75 Å². The molecule has 2 N–H and O–H groups in total. The Hall–Kier alpha value is -1.06. The van der Waals surface area contributed by atoms with Crippen molar-refractivity contribution in [1.82, 2.24) is 10.6 Å². The molecule has 100 valence electrons. The highest BCUT2D eigenvalue weighted by molar-refractivity contribution is 5.27. The number of methoxy groups -OCH3 is 1. The zero-order valence-corrected chi connectivity index (χ0v) is 11.2. The molecule has 1 unspecified atom stereocenters. The van der Waals surface area contributed by atoms with Gasteiger partial charge in [-0.3, -0.25) is 0 Å². The monoisotopic (exact) mass is 248 g/mol. The molecule has 0 spiro atoms. The summed E-state index contributed by atoms with van der Waals surface area (Å²) < 4.78 is 5.15. The Morgan fingerprint density at radius 2 is 2.11 bits per heavy atom. The van der Waals surface area contributed by atoms with E-state index >= 15 is 0 Å². The van der Waals surface area contributed by atoms with E-state index in [0.29, 0.717) is 0 Å². The van der Waals surface area contributed by atoms with Crippen molar-refractivity contribution in [3.05, 3.63) is 29.8 Å². The summed E-state index contributed by atoms with van der Waals surface area (Å²) in [5.41, 5.74) is 1.37. The lowest BCUT2D eigenvalue weighted by atomic mass is 10.1. The fourth-order valence-electron chi connectivity index (χ4n) is 2.42. The molecule has 0 saturated carbocycles. The van der Waals surface area contributed by atoms with E-state index in [1.807, 2.05) is 12.1 Å². The van der Waals surface area contributed by atoms with E-state index in [1.165, 1.54) is 31.5 Å². The normalized spacial score (nSPS) is 19.1. The molecule has 1 saturated heterocycles. The summed E-state index contributed by atoms with van der Waals surface area (Å²) in [5.74, 6) is 1.82. The summed E-state index contributed by atoms with van der Waals surface area (Å²) in [6, 6.07) is 8.34. The molecular weight excluding hydrogens is 224 g/mol. The van der Waals surface area contributed by atoms with E-state index in [-0.39, 0.29) is 0 Å². The van der Waals surface area contributed by atoms with Crippen LogP contribution in [0, 0.1) is 5.92 Å². The summed E-state index contributed by atoms with van der Waals surface area (Å²) >= 11 is 0. The third-order valence-electron chi connectivity index (χ3n) is 3.64. The first-order valence-electron chi connectivity index (χ1n) is 6.93. The van der Waals surface area contributed by atoms with Crippen LogP contribution >= 0.6 is 0 Å². The van der Waals surface area contributed by atoms with Gasteiger partial charge in [0.05, 0.1) is 7.11 Å². The Kier molecular flexibility index (Phi) is 5.49. The average Bonchev–Trinajstić information content (AvgIpc) is 2.92. The Bertz CT molecular complexity index is 331. The van der Waals surface area contributed by atoms with Gasteiger partial charge in [0.25, 0.3) is 0 Å². The van der Waals surface area contributed by atoms with Crippen LogP contribution in [0.3, 0.4) is 0 Å². The minimum Gasteiger partial charge on any atom is -0.497 e. The topological polar surface area (TPSA) is 33.3 Å². The standard InChI is InChI=1S/C15H24N2O/c1-18-15-4-2-13(3-5-15)6-9-16-10-7-14-8-11-17-12-14/h2-5,14,16-17H,6-12H2,1H3. The van der Waals surface area contributed by atoms with Crippen molar-refractivity contribution in [2.45, 2.75) is 19.3 Å². The molecular formula is C15H24N2O. The average molecular weight is 248 g/mol. The van der Waals surface area contributed by atoms with Crippen molar-refractivity contribution in [2.24, 2.45) is 5.92 Å². The lowest BCUT2D eigenvalue weighted by molar-refractivity contribution is 0.414. The minimum absolute atomic E-state index is 0.887. The highest BCUT2D eigenvalue weighted by atomic mass is 16.5. The van der Waals surface area contributed by atoms with Gasteiger partial charge in [-0.2, -0.15) is 0 Å². The van der Waals surface area contributed by atoms with Crippen LogP contribution in [0.25, 0.3) is 0 Å². The molecule has 0 aliphatic carbocycles. The van der Waals surface area contributed by atoms with E-state index in [0.717, 1.165) is 31.2 Å². The van der Waals surface area contributed by atoms with Crippen molar-refractivity contribution in [3.63, 3.8) is 0 Å². The molecule has 1 heterocycles. The van der Waals surface area contributed by atoms with Crippen LogP contribution in [-0.4, -0.2) is 33.3 Å². The van der Waals surface area contributed by atoms with Gasteiger partial charge in [0.2, 0.25) is 0 Å². The van der Waals surface area contributed by atoms with Gasteiger partial charge in [-0.25, -0.2) is 0 Å². The quantitative estimate of drug-likeness (QED) is 0.722. The Morgan fingerprint density at radius 1 is 1.28 bits per heavy atom. The van der Waals surface area contributed by atoms with Crippen molar-refractivity contribution < 1.29 is 4.74 Å². The molecule has 1 aliphatic heterocycles. The first-order chi connectivity index (χ1) is 8.88. The zero-order valence-electron chi connectivity index (χ0n) is 11.2. The summed E-state index contributed by atoms with van der Waals surface area (Å²) in [6.07, 6.45) is 3.74. The van der Waals surface area contributed by atoms with Crippen LogP contribution in [0.15, 0.2) is 24.3 Å². The largest absolute Gasteiger partial charge is 0.497 e. The molecule has 1 aromatic rings. The SMILES string of the molecule is COc1ccc(CCNCCC2CCNC2)cc1. The van der Waals surface area contributed by atoms with Crippen molar-refractivity contribution in [3.8, 4) is 5.75 Å².